The van der Waals surface area contributed by atoms with Crippen LogP contribution in [0.3, 0.4) is 0 Å². The molecule has 0 atom stereocenters. The van der Waals surface area contributed by atoms with Crippen molar-refractivity contribution < 1.29 is 18.7 Å². The molecule has 0 saturated carbocycles. The number of nitrogens with one attached hydrogen (secondary N) is 1. The Balaban J connectivity index is 2.07. The second kappa shape index (κ2) is 8.54. The van der Waals surface area contributed by atoms with Gasteiger partial charge < -0.3 is 15.6 Å². The zero-order chi connectivity index (χ0) is 19.3. The molecule has 6 nitrogen and oxygen atoms in total. The van der Waals surface area contributed by atoms with E-state index in [1.54, 1.807) is 30.5 Å². The number of hydrazine groups is 1. The Morgan fingerprint density at radius 3 is 2.50 bits per heavy atom. The number of anilines is 2. The molecular weight excluding hydrogens is 362 g/mol. The lowest BCUT2D eigenvalue weighted by Gasteiger charge is -2.15. The molecule has 0 aliphatic carbocycles. The van der Waals surface area contributed by atoms with Crippen molar-refractivity contribution in [3.8, 4) is 0 Å². The summed E-state index contributed by atoms with van der Waals surface area (Å²) in [5, 5.41) is 10.2. The van der Waals surface area contributed by atoms with Crippen LogP contribution in [-0.2, 0) is 0 Å². The summed E-state index contributed by atoms with van der Waals surface area (Å²) in [6.45, 7) is 1.91. The van der Waals surface area contributed by atoms with E-state index in [4.69, 9.17) is 16.7 Å². The summed E-state index contributed by atoms with van der Waals surface area (Å²) < 4.78 is 30.2. The van der Waals surface area contributed by atoms with Crippen molar-refractivity contribution in [2.24, 2.45) is 11.6 Å². The van der Waals surface area contributed by atoms with Gasteiger partial charge in [0, 0.05) is 22.9 Å². The molecule has 0 aliphatic heterocycles. The molecule has 0 spiro atoms. The molecule has 0 heterocycles. The molecule has 0 fully saturated rings. The average Bonchev–Trinajstić information content (AvgIpc) is 2.62. The molecule has 2 aromatic rings. The Kier molecular flexibility index (Phi) is 6.42. The van der Waals surface area contributed by atoms with Crippen molar-refractivity contribution in [3.05, 3.63) is 65.5 Å². The van der Waals surface area contributed by atoms with E-state index in [0.717, 1.165) is 22.9 Å². The standard InChI is InChI=1S/C17H18F2N4O2S/c1-2-10(20)9-23(21)11-3-5-12(6-4-11)26-22-16-8-14(18)13(17(24)25)7-15(16)19/h3-9,22H,2,20-21H2,1H3,(H,24,25)/b10-9-. The van der Waals surface area contributed by atoms with E-state index in [2.05, 4.69) is 4.72 Å². The van der Waals surface area contributed by atoms with Gasteiger partial charge in [0.1, 0.15) is 11.6 Å². The first kappa shape index (κ1) is 19.5. The normalized spacial score (nSPS) is 11.3. The highest BCUT2D eigenvalue weighted by atomic mass is 32.2. The molecule has 2 aromatic carbocycles. The molecule has 0 aromatic heterocycles. The van der Waals surface area contributed by atoms with Crippen LogP contribution in [0.25, 0.3) is 0 Å². The summed E-state index contributed by atoms with van der Waals surface area (Å²) in [7, 11) is 0. The van der Waals surface area contributed by atoms with Gasteiger partial charge in [-0.25, -0.2) is 19.4 Å². The minimum absolute atomic E-state index is 0.152. The minimum atomic E-state index is -1.53. The predicted molar refractivity (Wildman–Crippen MR) is 98.5 cm³/mol. The van der Waals surface area contributed by atoms with Crippen LogP contribution in [0.5, 0.6) is 0 Å². The lowest BCUT2D eigenvalue weighted by molar-refractivity contribution is 0.0691. The number of carbonyl (C=O) groups is 1. The topological polar surface area (TPSA) is 105 Å². The Bertz CT molecular complexity index is 828. The van der Waals surface area contributed by atoms with Gasteiger partial charge in [0.2, 0.25) is 0 Å². The summed E-state index contributed by atoms with van der Waals surface area (Å²) in [6.07, 6.45) is 2.29. The Morgan fingerprint density at radius 1 is 1.27 bits per heavy atom. The van der Waals surface area contributed by atoms with Crippen molar-refractivity contribution in [1.82, 2.24) is 0 Å². The lowest BCUT2D eigenvalue weighted by Crippen LogP contribution is -2.25. The number of benzene rings is 2. The number of hydrogen-bond donors (Lipinski definition) is 4. The number of nitrogens with two attached hydrogens (primary N) is 2. The quantitative estimate of drug-likeness (QED) is 0.330. The van der Waals surface area contributed by atoms with Gasteiger partial charge in [0.15, 0.2) is 0 Å². The third-order valence-electron chi connectivity index (χ3n) is 3.41. The molecule has 6 N–H and O–H groups in total. The van der Waals surface area contributed by atoms with Crippen molar-refractivity contribution >= 4 is 29.3 Å². The molecule has 0 saturated heterocycles. The van der Waals surface area contributed by atoms with Crippen LogP contribution in [0.1, 0.15) is 23.7 Å². The average molecular weight is 380 g/mol. The molecule has 0 aliphatic rings. The first-order chi connectivity index (χ1) is 12.3. The van der Waals surface area contributed by atoms with E-state index < -0.39 is 23.2 Å². The molecule has 0 radical (unpaired) electrons. The van der Waals surface area contributed by atoms with E-state index in [9.17, 15) is 13.6 Å². The number of aromatic carboxylic acids is 1. The Hall–Kier alpha value is -2.78. The lowest BCUT2D eigenvalue weighted by atomic mass is 10.2. The van der Waals surface area contributed by atoms with E-state index in [1.807, 2.05) is 6.92 Å². The maximum Gasteiger partial charge on any atom is 0.338 e. The molecular formula is C17H18F2N4O2S. The Morgan fingerprint density at radius 2 is 1.92 bits per heavy atom. The van der Waals surface area contributed by atoms with Gasteiger partial charge in [-0.15, -0.1) is 0 Å². The van der Waals surface area contributed by atoms with Gasteiger partial charge in [-0.3, -0.25) is 5.01 Å². The molecule has 26 heavy (non-hydrogen) atoms. The number of nitrogens with zero attached hydrogens (tertiary/aromatic N) is 1. The monoisotopic (exact) mass is 380 g/mol. The van der Waals surface area contributed by atoms with Crippen molar-refractivity contribution in [2.45, 2.75) is 18.2 Å². The van der Waals surface area contributed by atoms with Gasteiger partial charge in [-0.2, -0.15) is 0 Å². The fourth-order valence-corrected chi connectivity index (χ4v) is 2.59. The molecule has 9 heteroatoms. The highest BCUT2D eigenvalue weighted by molar-refractivity contribution is 8.00. The minimum Gasteiger partial charge on any atom is -0.478 e. The SMILES string of the molecule is CC/C(N)=C/N(N)c1ccc(SNc2cc(F)c(C(=O)O)cc2F)cc1. The number of rotatable bonds is 7. The third-order valence-corrected chi connectivity index (χ3v) is 4.24. The van der Waals surface area contributed by atoms with E-state index >= 15 is 0 Å². The maximum atomic E-state index is 13.9. The van der Waals surface area contributed by atoms with E-state index in [-0.39, 0.29) is 5.69 Å². The first-order valence-corrected chi connectivity index (χ1v) is 8.38. The number of allylic oxidation sites excluding steroid dienone is 1. The molecule has 138 valence electrons. The van der Waals surface area contributed by atoms with Crippen LogP contribution >= 0.6 is 11.9 Å². The van der Waals surface area contributed by atoms with Crippen LogP contribution in [0.15, 0.2) is 53.2 Å². The molecule has 0 bridgehead atoms. The predicted octanol–water partition coefficient (Wildman–Crippen LogP) is 3.67. The van der Waals surface area contributed by atoms with Crippen molar-refractivity contribution in [1.29, 1.82) is 0 Å². The summed E-state index contributed by atoms with van der Waals surface area (Å²) in [6, 6.07) is 8.41. The van der Waals surface area contributed by atoms with Gasteiger partial charge in [-0.1, -0.05) is 6.92 Å². The van der Waals surface area contributed by atoms with Gasteiger partial charge in [-0.05, 0) is 48.7 Å². The van der Waals surface area contributed by atoms with Crippen LogP contribution in [0.4, 0.5) is 20.2 Å². The van der Waals surface area contributed by atoms with Crippen LogP contribution in [0, 0.1) is 11.6 Å². The summed E-state index contributed by atoms with van der Waals surface area (Å²) in [5.74, 6) is 2.47. The number of carboxylic acid groups (broad SMARTS) is 1. The van der Waals surface area contributed by atoms with Crippen LogP contribution in [-0.4, -0.2) is 11.1 Å². The second-order valence-electron chi connectivity index (χ2n) is 5.28. The van der Waals surface area contributed by atoms with Gasteiger partial charge in [0.25, 0.3) is 0 Å². The zero-order valence-corrected chi connectivity index (χ0v) is 14.7. The number of hydrogen-bond acceptors (Lipinski definition) is 6. The summed E-state index contributed by atoms with van der Waals surface area (Å²) >= 11 is 1.05. The Labute approximate surface area is 153 Å². The van der Waals surface area contributed by atoms with Crippen LogP contribution < -0.4 is 21.3 Å². The van der Waals surface area contributed by atoms with Crippen molar-refractivity contribution in [3.63, 3.8) is 0 Å². The second-order valence-corrected chi connectivity index (χ2v) is 6.16. The smallest absolute Gasteiger partial charge is 0.338 e. The largest absolute Gasteiger partial charge is 0.478 e. The summed E-state index contributed by atoms with van der Waals surface area (Å²) in [4.78, 5) is 11.5. The molecule has 0 amide bonds. The molecule has 0 unspecified atom stereocenters. The zero-order valence-electron chi connectivity index (χ0n) is 13.9. The third kappa shape index (κ3) is 4.87. The fraction of sp³-hybridized carbons (Fsp3) is 0.118. The fourth-order valence-electron chi connectivity index (χ4n) is 1.93. The van der Waals surface area contributed by atoms with Gasteiger partial charge >= 0.3 is 5.97 Å². The van der Waals surface area contributed by atoms with Crippen molar-refractivity contribution in [2.75, 3.05) is 9.73 Å². The number of carboxylic acids is 1. The number of halogens is 2. The van der Waals surface area contributed by atoms with E-state index in [0.29, 0.717) is 23.9 Å². The highest BCUT2D eigenvalue weighted by Crippen LogP contribution is 2.27. The highest BCUT2D eigenvalue weighted by Gasteiger charge is 2.15. The first-order valence-electron chi connectivity index (χ1n) is 7.57. The van der Waals surface area contributed by atoms with Gasteiger partial charge in [0.05, 0.1) is 16.9 Å². The maximum absolute atomic E-state index is 13.9. The van der Waals surface area contributed by atoms with Crippen LogP contribution in [0.2, 0.25) is 0 Å². The summed E-state index contributed by atoms with van der Waals surface area (Å²) in [5.41, 5.74) is 6.20. The van der Waals surface area contributed by atoms with E-state index in [1.165, 1.54) is 5.01 Å². The molecule has 2 rings (SSSR count).